The first kappa shape index (κ1) is 19.6. The lowest BCUT2D eigenvalue weighted by molar-refractivity contribution is -0.385. The molecule has 0 saturated carbocycles. The normalized spacial score (nSPS) is 12.4. The number of esters is 2. The molecule has 1 rings (SSSR count). The fraction of sp³-hybridized carbons (Fsp3) is 0.500. The smallest absolute Gasteiger partial charge is 0.344 e. The van der Waals surface area contributed by atoms with E-state index in [4.69, 9.17) is 4.74 Å². The Morgan fingerprint density at radius 1 is 1.33 bits per heavy atom. The fourth-order valence-electron chi connectivity index (χ4n) is 1.87. The molecular formula is C16H22N2O6. The van der Waals surface area contributed by atoms with Crippen molar-refractivity contribution in [1.82, 2.24) is 5.32 Å². The van der Waals surface area contributed by atoms with Gasteiger partial charge in [0.15, 0.2) is 0 Å². The van der Waals surface area contributed by atoms with Crippen LogP contribution in [0.4, 0.5) is 5.69 Å². The third-order valence-electron chi connectivity index (χ3n) is 3.04. The van der Waals surface area contributed by atoms with Crippen LogP contribution in [0.15, 0.2) is 18.2 Å². The van der Waals surface area contributed by atoms with E-state index in [-0.39, 0.29) is 17.8 Å². The van der Waals surface area contributed by atoms with Crippen LogP contribution in [-0.2, 0) is 20.8 Å². The maximum atomic E-state index is 11.9. The van der Waals surface area contributed by atoms with Crippen LogP contribution in [0.3, 0.4) is 0 Å². The zero-order chi connectivity index (χ0) is 18.5. The van der Waals surface area contributed by atoms with E-state index in [0.29, 0.717) is 5.56 Å². The van der Waals surface area contributed by atoms with Gasteiger partial charge in [0.05, 0.1) is 12.0 Å². The number of nitrogens with one attached hydrogen (secondary N) is 1. The van der Waals surface area contributed by atoms with Crippen molar-refractivity contribution < 1.29 is 24.0 Å². The van der Waals surface area contributed by atoms with Crippen LogP contribution in [0.5, 0.6) is 0 Å². The molecule has 0 aromatic heterocycles. The van der Waals surface area contributed by atoms with E-state index < -0.39 is 28.5 Å². The maximum Gasteiger partial charge on any atom is 0.344 e. The lowest BCUT2D eigenvalue weighted by Crippen LogP contribution is -2.38. The summed E-state index contributed by atoms with van der Waals surface area (Å²) in [6, 6.07) is 3.59. The number of carbonyl (C=O) groups excluding carboxylic acids is 2. The Morgan fingerprint density at radius 3 is 2.46 bits per heavy atom. The topological polar surface area (TPSA) is 108 Å². The van der Waals surface area contributed by atoms with Gasteiger partial charge in [-0.1, -0.05) is 6.07 Å². The Balaban J connectivity index is 2.82. The number of carbonyl (C=O) groups is 2. The molecule has 0 aliphatic rings. The minimum atomic E-state index is -0.775. The zero-order valence-electron chi connectivity index (χ0n) is 14.4. The first-order chi connectivity index (χ1) is 11.0. The van der Waals surface area contributed by atoms with E-state index in [0.717, 1.165) is 7.11 Å². The first-order valence-electron chi connectivity index (χ1n) is 7.37. The molecule has 0 heterocycles. The van der Waals surface area contributed by atoms with Gasteiger partial charge in [-0.3, -0.25) is 14.9 Å². The lowest BCUT2D eigenvalue weighted by Gasteiger charge is -2.22. The molecule has 0 saturated heterocycles. The average Bonchev–Trinajstić information content (AvgIpc) is 2.49. The molecule has 8 nitrogen and oxygen atoms in total. The maximum absolute atomic E-state index is 11.9. The van der Waals surface area contributed by atoms with E-state index in [9.17, 15) is 19.7 Å². The second-order valence-electron chi connectivity index (χ2n) is 6.24. The van der Waals surface area contributed by atoms with Crippen LogP contribution in [0.25, 0.3) is 0 Å². The number of ether oxygens (including phenoxy) is 2. The highest BCUT2D eigenvalue weighted by Gasteiger charge is 2.23. The second-order valence-corrected chi connectivity index (χ2v) is 6.24. The van der Waals surface area contributed by atoms with Gasteiger partial charge in [0.2, 0.25) is 0 Å². The van der Waals surface area contributed by atoms with Gasteiger partial charge in [-0.2, -0.15) is 0 Å². The molecule has 8 heteroatoms. The van der Waals surface area contributed by atoms with Crippen LogP contribution in [0.1, 0.15) is 43.6 Å². The Labute approximate surface area is 140 Å². The second kappa shape index (κ2) is 7.87. The number of rotatable bonds is 6. The summed E-state index contributed by atoms with van der Waals surface area (Å²) < 4.78 is 9.77. The molecular weight excluding hydrogens is 316 g/mol. The summed E-state index contributed by atoms with van der Waals surface area (Å²) in [4.78, 5) is 33.9. The highest BCUT2D eigenvalue weighted by molar-refractivity contribution is 5.93. The standard InChI is InChI=1S/C16H22N2O6/c1-10(14(19)24-16(2,3)4)17-9-11-6-7-12(15(20)23-5)13(8-11)18(21)22/h6-8,10,17H,9H2,1-5H3. The van der Waals surface area contributed by atoms with Crippen LogP contribution in [0, 0.1) is 10.1 Å². The number of nitro groups is 1. The van der Waals surface area contributed by atoms with Crippen molar-refractivity contribution in [3.63, 3.8) is 0 Å². The van der Waals surface area contributed by atoms with E-state index >= 15 is 0 Å². The van der Waals surface area contributed by atoms with Gasteiger partial charge in [0.1, 0.15) is 17.2 Å². The predicted molar refractivity (Wildman–Crippen MR) is 86.6 cm³/mol. The summed E-state index contributed by atoms with van der Waals surface area (Å²) in [5.41, 5.74) is -0.490. The van der Waals surface area contributed by atoms with Crippen molar-refractivity contribution in [2.24, 2.45) is 0 Å². The largest absolute Gasteiger partial charge is 0.465 e. The molecule has 1 unspecified atom stereocenters. The van der Waals surface area contributed by atoms with Crippen molar-refractivity contribution in [3.8, 4) is 0 Å². The average molecular weight is 338 g/mol. The number of hydrogen-bond acceptors (Lipinski definition) is 7. The monoisotopic (exact) mass is 338 g/mol. The molecule has 0 aliphatic heterocycles. The van der Waals surface area contributed by atoms with Crippen LogP contribution >= 0.6 is 0 Å². The molecule has 0 fully saturated rings. The van der Waals surface area contributed by atoms with E-state index in [2.05, 4.69) is 10.1 Å². The van der Waals surface area contributed by atoms with Crippen LogP contribution < -0.4 is 5.32 Å². The highest BCUT2D eigenvalue weighted by Crippen LogP contribution is 2.21. The quantitative estimate of drug-likeness (QED) is 0.481. The summed E-state index contributed by atoms with van der Waals surface area (Å²) in [6.45, 7) is 7.17. The predicted octanol–water partition coefficient (Wildman–Crippen LogP) is 2.20. The van der Waals surface area contributed by atoms with Gasteiger partial charge < -0.3 is 14.8 Å². The van der Waals surface area contributed by atoms with Crippen molar-refractivity contribution in [1.29, 1.82) is 0 Å². The molecule has 0 amide bonds. The molecule has 1 aromatic rings. The summed E-state index contributed by atoms with van der Waals surface area (Å²) in [6.07, 6.45) is 0. The van der Waals surface area contributed by atoms with Gasteiger partial charge >= 0.3 is 11.9 Å². The van der Waals surface area contributed by atoms with Crippen molar-refractivity contribution in [3.05, 3.63) is 39.4 Å². The Kier molecular flexibility index (Phi) is 6.42. The number of methoxy groups -OCH3 is 1. The van der Waals surface area contributed by atoms with Crippen LogP contribution in [-0.4, -0.2) is 35.6 Å². The van der Waals surface area contributed by atoms with Gasteiger partial charge in [0.25, 0.3) is 5.69 Å². The SMILES string of the molecule is COC(=O)c1ccc(CNC(C)C(=O)OC(C)(C)C)cc1[N+](=O)[O-]. The van der Waals surface area contributed by atoms with E-state index in [1.54, 1.807) is 33.8 Å². The third-order valence-corrected chi connectivity index (χ3v) is 3.04. The lowest BCUT2D eigenvalue weighted by atomic mass is 10.1. The minimum absolute atomic E-state index is 0.119. The molecule has 1 N–H and O–H groups in total. The molecule has 0 spiro atoms. The molecule has 1 aromatic carbocycles. The molecule has 132 valence electrons. The summed E-state index contributed by atoms with van der Waals surface area (Å²) in [7, 11) is 1.16. The minimum Gasteiger partial charge on any atom is -0.465 e. The Hall–Kier alpha value is -2.48. The summed E-state index contributed by atoms with van der Waals surface area (Å²) in [5, 5.41) is 14.0. The highest BCUT2D eigenvalue weighted by atomic mass is 16.6. The zero-order valence-corrected chi connectivity index (χ0v) is 14.4. The van der Waals surface area contributed by atoms with E-state index in [1.807, 2.05) is 0 Å². The van der Waals surface area contributed by atoms with E-state index in [1.165, 1.54) is 12.1 Å². The van der Waals surface area contributed by atoms with Gasteiger partial charge in [-0.25, -0.2) is 4.79 Å². The van der Waals surface area contributed by atoms with Gasteiger partial charge in [-0.15, -0.1) is 0 Å². The summed E-state index contributed by atoms with van der Waals surface area (Å²) >= 11 is 0. The third kappa shape index (κ3) is 5.62. The number of benzene rings is 1. The Bertz CT molecular complexity index is 636. The molecule has 0 bridgehead atoms. The number of nitro benzene ring substituents is 1. The van der Waals surface area contributed by atoms with Crippen molar-refractivity contribution in [2.75, 3.05) is 7.11 Å². The first-order valence-corrected chi connectivity index (χ1v) is 7.37. The molecule has 0 aliphatic carbocycles. The fourth-order valence-corrected chi connectivity index (χ4v) is 1.87. The van der Waals surface area contributed by atoms with Crippen molar-refractivity contribution >= 4 is 17.6 Å². The van der Waals surface area contributed by atoms with Crippen molar-refractivity contribution in [2.45, 2.75) is 45.9 Å². The summed E-state index contributed by atoms with van der Waals surface area (Å²) in [5.74, 6) is -1.19. The molecule has 1 atom stereocenters. The number of nitrogens with zero attached hydrogens (tertiary/aromatic N) is 1. The molecule has 0 radical (unpaired) electrons. The van der Waals surface area contributed by atoms with Crippen LogP contribution in [0.2, 0.25) is 0 Å². The van der Waals surface area contributed by atoms with Gasteiger partial charge in [0, 0.05) is 12.6 Å². The number of hydrogen-bond donors (Lipinski definition) is 1. The van der Waals surface area contributed by atoms with Gasteiger partial charge in [-0.05, 0) is 39.3 Å². The Morgan fingerprint density at radius 2 is 1.96 bits per heavy atom. The molecule has 24 heavy (non-hydrogen) atoms.